The molecule has 1 aliphatic carbocycles. The summed E-state index contributed by atoms with van der Waals surface area (Å²) >= 11 is 0. The van der Waals surface area contributed by atoms with Crippen LogP contribution in [0.2, 0.25) is 0 Å². The van der Waals surface area contributed by atoms with Crippen molar-refractivity contribution in [2.24, 2.45) is 16.1 Å². The number of hydrogen-bond donors (Lipinski definition) is 2. The van der Waals surface area contributed by atoms with E-state index < -0.39 is 0 Å². The fraction of sp³-hybridized carbons (Fsp3) is 0.611. The van der Waals surface area contributed by atoms with Gasteiger partial charge in [0.2, 0.25) is 0 Å². The van der Waals surface area contributed by atoms with Crippen LogP contribution >= 0.6 is 24.0 Å². The highest BCUT2D eigenvalue weighted by molar-refractivity contribution is 14.0. The number of nitrogens with one attached hydrogen (secondary N) is 1. The largest absolute Gasteiger partial charge is 0.379 e. The summed E-state index contributed by atoms with van der Waals surface area (Å²) in [5.74, 6) is 0.463. The third-order valence-corrected chi connectivity index (χ3v) is 4.34. The molecule has 4 nitrogen and oxygen atoms in total. The fourth-order valence-electron chi connectivity index (χ4n) is 2.96. The summed E-state index contributed by atoms with van der Waals surface area (Å²) in [7, 11) is 1.72. The molecule has 0 amide bonds. The molecule has 1 aromatic rings. The molecule has 130 valence electrons. The van der Waals surface area contributed by atoms with Gasteiger partial charge in [0.15, 0.2) is 5.96 Å². The number of anilines is 1. The van der Waals surface area contributed by atoms with E-state index in [0.717, 1.165) is 18.5 Å². The minimum Gasteiger partial charge on any atom is -0.379 e. The molecule has 23 heavy (non-hydrogen) atoms. The van der Waals surface area contributed by atoms with Gasteiger partial charge < -0.3 is 15.8 Å². The lowest BCUT2D eigenvalue weighted by molar-refractivity contribution is 0.0242. The molecule has 0 saturated carbocycles. The lowest BCUT2D eigenvalue weighted by Gasteiger charge is -2.28. The highest BCUT2D eigenvalue weighted by Crippen LogP contribution is 2.27. The van der Waals surface area contributed by atoms with E-state index >= 15 is 0 Å². The normalized spacial score (nSPS) is 16.3. The van der Waals surface area contributed by atoms with Crippen LogP contribution in [0.4, 0.5) is 5.69 Å². The average Bonchev–Trinajstić information content (AvgIpc) is 2.47. The third-order valence-electron chi connectivity index (χ3n) is 4.34. The minimum atomic E-state index is 0. The summed E-state index contributed by atoms with van der Waals surface area (Å²) in [6.45, 7) is 7.00. The quantitative estimate of drug-likeness (QED) is 0.431. The molecule has 0 bridgehead atoms. The van der Waals surface area contributed by atoms with E-state index in [2.05, 4.69) is 49.3 Å². The molecule has 0 heterocycles. The molecular formula is C18H30IN3O. The Morgan fingerprint density at radius 1 is 1.30 bits per heavy atom. The van der Waals surface area contributed by atoms with Crippen molar-refractivity contribution in [1.82, 2.24) is 0 Å². The summed E-state index contributed by atoms with van der Waals surface area (Å²) in [5.41, 5.74) is 10.0. The van der Waals surface area contributed by atoms with Crippen LogP contribution < -0.4 is 11.1 Å². The van der Waals surface area contributed by atoms with Crippen LogP contribution in [0.5, 0.6) is 0 Å². The van der Waals surface area contributed by atoms with Gasteiger partial charge >= 0.3 is 0 Å². The van der Waals surface area contributed by atoms with Gasteiger partial charge in [-0.1, -0.05) is 32.9 Å². The lowest BCUT2D eigenvalue weighted by Crippen LogP contribution is -2.33. The average molecular weight is 431 g/mol. The van der Waals surface area contributed by atoms with Crippen LogP contribution in [-0.4, -0.2) is 25.7 Å². The van der Waals surface area contributed by atoms with Gasteiger partial charge in [0.05, 0.1) is 12.6 Å². The van der Waals surface area contributed by atoms with E-state index in [4.69, 9.17) is 10.5 Å². The second-order valence-corrected chi connectivity index (χ2v) is 7.09. The molecule has 2 rings (SSSR count). The third kappa shape index (κ3) is 5.64. The van der Waals surface area contributed by atoms with Crippen LogP contribution in [0.25, 0.3) is 0 Å². The molecule has 1 aromatic carbocycles. The number of ether oxygens (including phenoxy) is 1. The molecule has 3 N–H and O–H groups in total. The van der Waals surface area contributed by atoms with Crippen molar-refractivity contribution in [2.45, 2.75) is 52.6 Å². The molecule has 0 saturated heterocycles. The zero-order valence-electron chi connectivity index (χ0n) is 14.7. The number of benzene rings is 1. The molecule has 1 aliphatic rings. The van der Waals surface area contributed by atoms with Crippen LogP contribution in [0.3, 0.4) is 0 Å². The predicted molar refractivity (Wildman–Crippen MR) is 109 cm³/mol. The van der Waals surface area contributed by atoms with Crippen molar-refractivity contribution >= 4 is 35.6 Å². The Labute approximate surface area is 157 Å². The highest BCUT2D eigenvalue weighted by Gasteiger charge is 2.24. The molecular weight excluding hydrogens is 401 g/mol. The first-order valence-corrected chi connectivity index (χ1v) is 8.12. The van der Waals surface area contributed by atoms with Crippen molar-refractivity contribution in [2.75, 3.05) is 19.0 Å². The van der Waals surface area contributed by atoms with Gasteiger partial charge in [0, 0.05) is 12.8 Å². The van der Waals surface area contributed by atoms with Gasteiger partial charge in [-0.15, -0.1) is 24.0 Å². The van der Waals surface area contributed by atoms with Crippen molar-refractivity contribution < 1.29 is 4.74 Å². The van der Waals surface area contributed by atoms with Crippen molar-refractivity contribution in [3.05, 3.63) is 29.3 Å². The number of aliphatic imine (C=N–C) groups is 1. The number of rotatable bonds is 4. The Morgan fingerprint density at radius 2 is 2.00 bits per heavy atom. The predicted octanol–water partition coefficient (Wildman–Crippen LogP) is 3.97. The summed E-state index contributed by atoms with van der Waals surface area (Å²) in [5, 5.41) is 3.27. The Hall–Kier alpha value is -0.820. The summed E-state index contributed by atoms with van der Waals surface area (Å²) in [6, 6.07) is 6.39. The summed E-state index contributed by atoms with van der Waals surface area (Å²) in [6.07, 6.45) is 4.86. The first-order valence-electron chi connectivity index (χ1n) is 8.12. The lowest BCUT2D eigenvalue weighted by atomic mass is 9.89. The molecule has 0 spiro atoms. The van der Waals surface area contributed by atoms with E-state index in [1.165, 1.54) is 24.0 Å². The minimum absolute atomic E-state index is 0. The van der Waals surface area contributed by atoms with Crippen LogP contribution in [0.1, 0.15) is 44.7 Å². The topological polar surface area (TPSA) is 59.6 Å². The molecule has 0 radical (unpaired) electrons. The van der Waals surface area contributed by atoms with E-state index in [9.17, 15) is 0 Å². The number of nitrogens with zero attached hydrogens (tertiary/aromatic N) is 1. The zero-order valence-corrected chi connectivity index (χ0v) is 17.0. The smallest absolute Gasteiger partial charge is 0.193 e. The fourth-order valence-corrected chi connectivity index (χ4v) is 2.96. The van der Waals surface area contributed by atoms with Gasteiger partial charge in [-0.3, -0.25) is 4.99 Å². The van der Waals surface area contributed by atoms with Crippen LogP contribution in [0, 0.1) is 5.41 Å². The van der Waals surface area contributed by atoms with Crippen molar-refractivity contribution in [3.63, 3.8) is 0 Å². The number of methoxy groups -OCH3 is 1. The number of fused-ring (bicyclic) bond motifs is 1. The van der Waals surface area contributed by atoms with E-state index in [1.54, 1.807) is 7.11 Å². The molecule has 5 heteroatoms. The second kappa shape index (κ2) is 8.87. The monoisotopic (exact) mass is 431 g/mol. The molecule has 1 atom stereocenters. The van der Waals surface area contributed by atoms with Gasteiger partial charge in [0.25, 0.3) is 0 Å². The Kier molecular flexibility index (Phi) is 7.80. The van der Waals surface area contributed by atoms with E-state index in [0.29, 0.717) is 12.5 Å². The van der Waals surface area contributed by atoms with Gasteiger partial charge in [-0.2, -0.15) is 0 Å². The SMILES string of the molecule is COC(CN=C(N)Nc1cccc2c1CCCC2)C(C)(C)C.I. The van der Waals surface area contributed by atoms with Crippen molar-refractivity contribution in [1.29, 1.82) is 0 Å². The van der Waals surface area contributed by atoms with Gasteiger partial charge in [0.1, 0.15) is 0 Å². The van der Waals surface area contributed by atoms with Gasteiger partial charge in [-0.25, -0.2) is 0 Å². The Morgan fingerprint density at radius 3 is 2.65 bits per heavy atom. The molecule has 0 fully saturated rings. The second-order valence-electron chi connectivity index (χ2n) is 7.09. The summed E-state index contributed by atoms with van der Waals surface area (Å²) < 4.78 is 5.52. The highest BCUT2D eigenvalue weighted by atomic mass is 127. The maximum Gasteiger partial charge on any atom is 0.193 e. The first kappa shape index (κ1) is 20.2. The van der Waals surface area contributed by atoms with E-state index in [1.807, 2.05) is 0 Å². The number of aryl methyl sites for hydroxylation is 1. The van der Waals surface area contributed by atoms with E-state index in [-0.39, 0.29) is 35.5 Å². The van der Waals surface area contributed by atoms with Crippen molar-refractivity contribution in [3.8, 4) is 0 Å². The molecule has 0 aliphatic heterocycles. The van der Waals surface area contributed by atoms with Crippen LogP contribution in [0.15, 0.2) is 23.2 Å². The number of hydrogen-bond acceptors (Lipinski definition) is 2. The van der Waals surface area contributed by atoms with Gasteiger partial charge in [-0.05, 0) is 48.3 Å². The Balaban J connectivity index is 0.00000264. The number of guanidine groups is 1. The summed E-state index contributed by atoms with van der Waals surface area (Å²) in [4.78, 5) is 4.46. The first-order chi connectivity index (χ1) is 10.4. The molecule has 0 aromatic heterocycles. The standard InChI is InChI=1S/C18H29N3O.HI/c1-18(2,3)16(22-4)12-20-17(19)21-15-11-7-9-13-8-5-6-10-14(13)15;/h7,9,11,16H,5-6,8,10,12H2,1-4H3,(H3,19,20,21);1H. The van der Waals surface area contributed by atoms with Crippen LogP contribution in [-0.2, 0) is 17.6 Å². The molecule has 1 unspecified atom stereocenters. The zero-order chi connectivity index (χ0) is 16.2. The maximum absolute atomic E-state index is 6.07. The maximum atomic E-state index is 6.07. The Bertz CT molecular complexity index is 538. The number of halogens is 1. The number of nitrogens with two attached hydrogens (primary N) is 1.